The highest BCUT2D eigenvalue weighted by atomic mass is 79.9. The average molecular weight is 373 g/mol. The molecular formula is C18H17BrN2O2. The van der Waals surface area contributed by atoms with Crippen molar-refractivity contribution in [1.82, 2.24) is 0 Å². The van der Waals surface area contributed by atoms with Crippen molar-refractivity contribution < 1.29 is 9.53 Å². The number of benzene rings is 2. The highest BCUT2D eigenvalue weighted by molar-refractivity contribution is 9.10. The van der Waals surface area contributed by atoms with E-state index in [1.807, 2.05) is 36.4 Å². The van der Waals surface area contributed by atoms with E-state index < -0.39 is 0 Å². The van der Waals surface area contributed by atoms with Crippen molar-refractivity contribution in [1.29, 1.82) is 0 Å². The summed E-state index contributed by atoms with van der Waals surface area (Å²) in [5.74, 6) is -0.360. The van der Waals surface area contributed by atoms with E-state index in [1.165, 1.54) is 13.2 Å². The zero-order valence-electron chi connectivity index (χ0n) is 12.7. The first kappa shape index (κ1) is 15.6. The van der Waals surface area contributed by atoms with Gasteiger partial charge in [-0.25, -0.2) is 4.79 Å². The Morgan fingerprint density at radius 1 is 1.17 bits per heavy atom. The van der Waals surface area contributed by atoms with Crippen molar-refractivity contribution in [3.05, 3.63) is 70.3 Å². The van der Waals surface area contributed by atoms with Crippen molar-refractivity contribution in [2.45, 2.75) is 12.5 Å². The molecule has 0 bridgehead atoms. The Kier molecular flexibility index (Phi) is 4.67. The molecule has 23 heavy (non-hydrogen) atoms. The first-order valence-electron chi connectivity index (χ1n) is 7.32. The summed E-state index contributed by atoms with van der Waals surface area (Å²) in [7, 11) is 1.38. The highest BCUT2D eigenvalue weighted by Gasteiger charge is 2.20. The molecule has 0 radical (unpaired) electrons. The summed E-state index contributed by atoms with van der Waals surface area (Å²) >= 11 is 3.46. The van der Waals surface area contributed by atoms with E-state index in [2.05, 4.69) is 38.7 Å². The van der Waals surface area contributed by atoms with E-state index in [4.69, 9.17) is 4.74 Å². The van der Waals surface area contributed by atoms with E-state index in [-0.39, 0.29) is 12.0 Å². The fraction of sp³-hybridized carbons (Fsp3) is 0.167. The number of carbonyl (C=O) groups is 1. The number of fused-ring (bicyclic) bond motifs is 1. The van der Waals surface area contributed by atoms with Crippen LogP contribution < -0.4 is 10.6 Å². The molecule has 0 aliphatic carbocycles. The van der Waals surface area contributed by atoms with Crippen molar-refractivity contribution in [3.63, 3.8) is 0 Å². The Hall–Kier alpha value is -2.27. The number of carbonyl (C=O) groups excluding carboxylic acids is 1. The minimum atomic E-state index is -0.360. The molecule has 2 aromatic rings. The van der Waals surface area contributed by atoms with E-state index >= 15 is 0 Å². The van der Waals surface area contributed by atoms with E-state index in [0.717, 1.165) is 27.1 Å². The van der Waals surface area contributed by atoms with E-state index in [1.54, 1.807) is 0 Å². The SMILES string of the molecule is COC(=O)/C=C1/CC(c2ccc(Br)cc2)Nc2ccccc2N1. The number of para-hydroxylation sites is 2. The summed E-state index contributed by atoms with van der Waals surface area (Å²) in [5, 5.41) is 6.87. The summed E-state index contributed by atoms with van der Waals surface area (Å²) in [4.78, 5) is 11.6. The lowest BCUT2D eigenvalue weighted by Crippen LogP contribution is -2.11. The van der Waals surface area contributed by atoms with Crippen LogP contribution in [0.1, 0.15) is 18.0 Å². The first-order chi connectivity index (χ1) is 11.2. The lowest BCUT2D eigenvalue weighted by Gasteiger charge is -2.18. The van der Waals surface area contributed by atoms with Crippen LogP contribution >= 0.6 is 15.9 Å². The van der Waals surface area contributed by atoms with E-state index in [9.17, 15) is 4.79 Å². The van der Waals surface area contributed by atoms with Crippen LogP contribution in [0.5, 0.6) is 0 Å². The summed E-state index contributed by atoms with van der Waals surface area (Å²) in [6, 6.07) is 16.2. The minimum Gasteiger partial charge on any atom is -0.466 e. The maximum Gasteiger partial charge on any atom is 0.332 e. The summed E-state index contributed by atoms with van der Waals surface area (Å²) in [6.07, 6.45) is 2.17. The van der Waals surface area contributed by atoms with Gasteiger partial charge in [0.1, 0.15) is 0 Å². The number of rotatable bonds is 2. The molecule has 0 saturated carbocycles. The molecule has 0 amide bonds. The maximum atomic E-state index is 11.6. The van der Waals surface area contributed by atoms with Gasteiger partial charge < -0.3 is 15.4 Å². The molecule has 1 aliphatic rings. The van der Waals surface area contributed by atoms with Crippen LogP contribution in [0, 0.1) is 0 Å². The molecule has 0 spiro atoms. The number of methoxy groups -OCH3 is 1. The van der Waals surface area contributed by atoms with Crippen molar-refractivity contribution in [2.24, 2.45) is 0 Å². The predicted molar refractivity (Wildman–Crippen MR) is 95.3 cm³/mol. The number of esters is 1. The van der Waals surface area contributed by atoms with Crippen LogP contribution in [0.2, 0.25) is 0 Å². The van der Waals surface area contributed by atoms with Gasteiger partial charge >= 0.3 is 5.97 Å². The average Bonchev–Trinajstić information content (AvgIpc) is 2.74. The van der Waals surface area contributed by atoms with Gasteiger partial charge in [-0.15, -0.1) is 0 Å². The van der Waals surface area contributed by atoms with Gasteiger partial charge in [0.25, 0.3) is 0 Å². The Labute approximate surface area is 143 Å². The first-order valence-corrected chi connectivity index (χ1v) is 8.11. The van der Waals surface area contributed by atoms with Gasteiger partial charge in [0.2, 0.25) is 0 Å². The van der Waals surface area contributed by atoms with Crippen LogP contribution in [0.4, 0.5) is 11.4 Å². The minimum absolute atomic E-state index is 0.0650. The molecule has 1 unspecified atom stereocenters. The topological polar surface area (TPSA) is 50.4 Å². The second-order valence-electron chi connectivity index (χ2n) is 5.32. The van der Waals surface area contributed by atoms with Gasteiger partial charge in [0.05, 0.1) is 24.5 Å². The number of ether oxygens (including phenoxy) is 1. The fourth-order valence-corrected chi connectivity index (χ4v) is 2.86. The molecule has 3 rings (SSSR count). The predicted octanol–water partition coefficient (Wildman–Crippen LogP) is 4.47. The summed E-state index contributed by atoms with van der Waals surface area (Å²) in [5.41, 5.74) is 3.93. The van der Waals surface area contributed by atoms with Gasteiger partial charge in [-0.05, 0) is 29.8 Å². The zero-order valence-corrected chi connectivity index (χ0v) is 14.3. The number of halogens is 1. The quantitative estimate of drug-likeness (QED) is 0.602. The van der Waals surface area contributed by atoms with Crippen LogP contribution in [0.15, 0.2) is 64.8 Å². The molecule has 0 aromatic heterocycles. The molecule has 5 heteroatoms. The third-order valence-corrected chi connectivity index (χ3v) is 4.27. The normalized spacial score (nSPS) is 18.3. The molecule has 1 heterocycles. The maximum absolute atomic E-state index is 11.6. The Bertz CT molecular complexity index is 741. The second kappa shape index (κ2) is 6.87. The molecule has 1 aliphatic heterocycles. The number of nitrogens with one attached hydrogen (secondary N) is 2. The van der Waals surface area contributed by atoms with Crippen molar-refractivity contribution in [3.8, 4) is 0 Å². The Morgan fingerprint density at radius 3 is 2.57 bits per heavy atom. The number of hydrogen-bond acceptors (Lipinski definition) is 4. The summed E-state index contributed by atoms with van der Waals surface area (Å²) < 4.78 is 5.80. The van der Waals surface area contributed by atoms with Crippen LogP contribution in [0.25, 0.3) is 0 Å². The van der Waals surface area contributed by atoms with E-state index in [0.29, 0.717) is 6.42 Å². The van der Waals surface area contributed by atoms with Crippen molar-refractivity contribution >= 4 is 33.3 Å². The molecule has 0 fully saturated rings. The molecule has 0 saturated heterocycles. The lowest BCUT2D eigenvalue weighted by molar-refractivity contribution is -0.134. The van der Waals surface area contributed by atoms with Crippen LogP contribution in [-0.2, 0) is 9.53 Å². The standard InChI is InChI=1S/C18H17BrN2O2/c1-23-18(22)11-14-10-17(12-6-8-13(19)9-7-12)21-16-5-3-2-4-15(16)20-14/h2-9,11,17,20-21H,10H2,1H3/b14-11-. The highest BCUT2D eigenvalue weighted by Crippen LogP contribution is 2.35. The lowest BCUT2D eigenvalue weighted by atomic mass is 10.0. The monoisotopic (exact) mass is 372 g/mol. The van der Waals surface area contributed by atoms with Gasteiger partial charge in [0, 0.05) is 22.7 Å². The van der Waals surface area contributed by atoms with Gasteiger partial charge in [0.15, 0.2) is 0 Å². The molecule has 4 nitrogen and oxygen atoms in total. The van der Waals surface area contributed by atoms with Gasteiger partial charge in [-0.1, -0.05) is 40.2 Å². The second-order valence-corrected chi connectivity index (χ2v) is 6.23. The van der Waals surface area contributed by atoms with Crippen LogP contribution in [0.3, 0.4) is 0 Å². The zero-order chi connectivity index (χ0) is 16.2. The van der Waals surface area contributed by atoms with Crippen LogP contribution in [-0.4, -0.2) is 13.1 Å². The van der Waals surface area contributed by atoms with Gasteiger partial charge in [-0.3, -0.25) is 0 Å². The molecule has 1 atom stereocenters. The Balaban J connectivity index is 1.98. The third-order valence-electron chi connectivity index (χ3n) is 3.74. The number of anilines is 2. The molecule has 2 N–H and O–H groups in total. The summed E-state index contributed by atoms with van der Waals surface area (Å²) in [6.45, 7) is 0. The Morgan fingerprint density at radius 2 is 1.87 bits per heavy atom. The fourth-order valence-electron chi connectivity index (χ4n) is 2.59. The smallest absolute Gasteiger partial charge is 0.332 e. The number of hydrogen-bond donors (Lipinski definition) is 2. The third kappa shape index (κ3) is 3.74. The molecular weight excluding hydrogens is 356 g/mol. The molecule has 2 aromatic carbocycles. The largest absolute Gasteiger partial charge is 0.466 e. The molecule has 118 valence electrons. The van der Waals surface area contributed by atoms with Gasteiger partial charge in [-0.2, -0.15) is 0 Å². The van der Waals surface area contributed by atoms with Crippen molar-refractivity contribution in [2.75, 3.05) is 17.7 Å².